The van der Waals surface area contributed by atoms with Crippen molar-refractivity contribution in [3.8, 4) is 5.75 Å². The number of methoxy groups -OCH3 is 2. The fourth-order valence-corrected chi connectivity index (χ4v) is 3.16. The number of rotatable bonds is 8. The predicted octanol–water partition coefficient (Wildman–Crippen LogP) is 5.33. The molecule has 0 unspecified atom stereocenters. The molecule has 3 aromatic rings. The van der Waals surface area contributed by atoms with Gasteiger partial charge in [-0.3, -0.25) is 0 Å². The van der Waals surface area contributed by atoms with E-state index in [9.17, 15) is 9.18 Å². The van der Waals surface area contributed by atoms with Crippen LogP contribution in [0.4, 0.5) is 15.8 Å². The molecule has 6 heteroatoms. The van der Waals surface area contributed by atoms with E-state index in [1.807, 2.05) is 42.5 Å². The van der Waals surface area contributed by atoms with E-state index in [1.165, 1.54) is 26.5 Å². The van der Waals surface area contributed by atoms with Crippen molar-refractivity contribution < 1.29 is 23.4 Å². The Bertz CT molecular complexity index is 1070. The molecule has 0 radical (unpaired) electrons. The van der Waals surface area contributed by atoms with E-state index in [1.54, 1.807) is 36.2 Å². The van der Waals surface area contributed by atoms with E-state index < -0.39 is 11.8 Å². The van der Waals surface area contributed by atoms with E-state index in [0.29, 0.717) is 17.0 Å². The highest BCUT2D eigenvalue weighted by Crippen LogP contribution is 2.29. The second-order valence-electron chi connectivity index (χ2n) is 6.71. The lowest BCUT2D eigenvalue weighted by atomic mass is 10.0. The first-order chi connectivity index (χ1) is 15.0. The Morgan fingerprint density at radius 1 is 1.00 bits per heavy atom. The van der Waals surface area contributed by atoms with Gasteiger partial charge in [0.25, 0.3) is 0 Å². The largest absolute Gasteiger partial charge is 0.503 e. The highest BCUT2D eigenvalue weighted by Gasteiger charge is 2.17. The summed E-state index contributed by atoms with van der Waals surface area (Å²) in [6, 6.07) is 21.5. The number of ether oxygens (including phenoxy) is 3. The van der Waals surface area contributed by atoms with Crippen molar-refractivity contribution in [3.63, 3.8) is 0 Å². The predicted molar refractivity (Wildman–Crippen MR) is 119 cm³/mol. The highest BCUT2D eigenvalue weighted by molar-refractivity contribution is 6.16. The van der Waals surface area contributed by atoms with E-state index in [4.69, 9.17) is 14.2 Å². The number of esters is 1. The Labute approximate surface area is 181 Å². The number of para-hydroxylation sites is 1. The third-order valence-corrected chi connectivity index (χ3v) is 4.77. The van der Waals surface area contributed by atoms with Gasteiger partial charge in [-0.1, -0.05) is 42.5 Å². The van der Waals surface area contributed by atoms with Crippen LogP contribution in [-0.4, -0.2) is 27.2 Å². The molecule has 0 N–H and O–H groups in total. The number of carbonyl (C=O) groups excluding carboxylic acids is 1. The lowest BCUT2D eigenvalue weighted by Gasteiger charge is -2.20. The van der Waals surface area contributed by atoms with Crippen molar-refractivity contribution in [2.75, 3.05) is 26.2 Å². The molecule has 160 valence electrons. The number of nitrogens with zero attached hydrogens (tertiary/aromatic N) is 1. The number of benzene rings is 3. The first-order valence-corrected chi connectivity index (χ1v) is 9.65. The van der Waals surface area contributed by atoms with Gasteiger partial charge in [0.15, 0.2) is 5.82 Å². The molecule has 5 nitrogen and oxygen atoms in total. The minimum Gasteiger partial charge on any atom is -0.503 e. The first kappa shape index (κ1) is 21.9. The summed E-state index contributed by atoms with van der Waals surface area (Å²) < 4.78 is 30.5. The minimum absolute atomic E-state index is 0.140. The number of hydrogen-bond acceptors (Lipinski definition) is 5. The molecule has 0 aromatic heterocycles. The third-order valence-electron chi connectivity index (χ3n) is 4.77. The van der Waals surface area contributed by atoms with Crippen molar-refractivity contribution in [1.29, 1.82) is 0 Å². The van der Waals surface area contributed by atoms with Gasteiger partial charge in [-0.2, -0.15) is 0 Å². The van der Waals surface area contributed by atoms with Gasteiger partial charge in [-0.05, 0) is 35.4 Å². The second-order valence-corrected chi connectivity index (χ2v) is 6.71. The Balaban J connectivity index is 1.79. The number of carbonyl (C=O) groups is 1. The van der Waals surface area contributed by atoms with Crippen LogP contribution in [0.3, 0.4) is 0 Å². The van der Waals surface area contributed by atoms with Crippen LogP contribution in [0.25, 0.3) is 5.57 Å². The van der Waals surface area contributed by atoms with Crippen LogP contribution in [0.5, 0.6) is 5.75 Å². The maximum absolute atomic E-state index is 14.8. The molecule has 0 aliphatic heterocycles. The molecule has 0 spiro atoms. The van der Waals surface area contributed by atoms with Crippen LogP contribution >= 0.6 is 0 Å². The van der Waals surface area contributed by atoms with Crippen LogP contribution in [0.15, 0.2) is 79.1 Å². The Hall–Kier alpha value is -3.80. The fourth-order valence-electron chi connectivity index (χ4n) is 3.16. The third kappa shape index (κ3) is 5.22. The van der Waals surface area contributed by atoms with Gasteiger partial charge in [-0.15, -0.1) is 0 Å². The Kier molecular flexibility index (Phi) is 7.27. The molecule has 0 amide bonds. The normalized spacial score (nSPS) is 11.0. The lowest BCUT2D eigenvalue weighted by molar-refractivity contribution is -0.133. The van der Waals surface area contributed by atoms with E-state index in [2.05, 4.69) is 0 Å². The molecule has 0 bridgehead atoms. The van der Waals surface area contributed by atoms with Crippen molar-refractivity contribution in [2.24, 2.45) is 0 Å². The maximum atomic E-state index is 14.8. The summed E-state index contributed by atoms with van der Waals surface area (Å²) in [5.74, 6) is -0.534. The number of hydrogen-bond donors (Lipinski definition) is 0. The van der Waals surface area contributed by atoms with Crippen molar-refractivity contribution in [2.45, 2.75) is 6.61 Å². The van der Waals surface area contributed by atoms with Gasteiger partial charge in [0, 0.05) is 18.8 Å². The fraction of sp³-hybridized carbons (Fsp3) is 0.160. The van der Waals surface area contributed by atoms with Gasteiger partial charge in [0.2, 0.25) is 0 Å². The topological polar surface area (TPSA) is 48.0 Å². The van der Waals surface area contributed by atoms with Gasteiger partial charge < -0.3 is 19.1 Å². The summed E-state index contributed by atoms with van der Waals surface area (Å²) in [5, 5.41) is 0. The molecular weight excluding hydrogens is 397 g/mol. The van der Waals surface area contributed by atoms with Gasteiger partial charge in [-0.25, -0.2) is 9.18 Å². The van der Waals surface area contributed by atoms with Gasteiger partial charge in [0.1, 0.15) is 17.9 Å². The average molecular weight is 421 g/mol. The van der Waals surface area contributed by atoms with Crippen LogP contribution in [0, 0.1) is 5.82 Å². The van der Waals surface area contributed by atoms with Crippen molar-refractivity contribution >= 4 is 22.9 Å². The van der Waals surface area contributed by atoms with Crippen LogP contribution < -0.4 is 9.64 Å². The molecule has 3 rings (SSSR count). The van der Waals surface area contributed by atoms with Gasteiger partial charge >= 0.3 is 5.97 Å². The molecule has 0 aliphatic rings. The van der Waals surface area contributed by atoms with Crippen LogP contribution in [-0.2, 0) is 20.9 Å². The minimum atomic E-state index is -0.520. The Morgan fingerprint density at radius 2 is 1.71 bits per heavy atom. The summed E-state index contributed by atoms with van der Waals surface area (Å²) in [6.07, 6.45) is 1.33. The zero-order valence-corrected chi connectivity index (χ0v) is 17.7. The van der Waals surface area contributed by atoms with Crippen molar-refractivity contribution in [3.05, 3.63) is 96.0 Å². The van der Waals surface area contributed by atoms with E-state index in [-0.39, 0.29) is 12.2 Å². The summed E-state index contributed by atoms with van der Waals surface area (Å²) in [6.45, 7) is 0.140. The monoisotopic (exact) mass is 421 g/mol. The number of halogens is 1. The molecule has 0 fully saturated rings. The second kappa shape index (κ2) is 10.3. The van der Waals surface area contributed by atoms with Crippen LogP contribution in [0.1, 0.15) is 11.1 Å². The number of anilines is 2. The molecule has 31 heavy (non-hydrogen) atoms. The SMILES string of the molecule is COC=C(C(=O)OC)c1ccccc1COc1ccc(N(C)c2ccccc2)c(F)c1. The maximum Gasteiger partial charge on any atom is 0.341 e. The molecule has 3 aromatic carbocycles. The smallest absolute Gasteiger partial charge is 0.341 e. The van der Waals surface area contributed by atoms with E-state index in [0.717, 1.165) is 11.3 Å². The molecule has 0 atom stereocenters. The molecular formula is C25H24FNO4. The lowest BCUT2D eigenvalue weighted by Crippen LogP contribution is -2.11. The zero-order valence-electron chi connectivity index (χ0n) is 17.7. The summed E-state index contributed by atoms with van der Waals surface area (Å²) in [4.78, 5) is 13.9. The summed E-state index contributed by atoms with van der Waals surface area (Å²) in [5.41, 5.74) is 2.95. The van der Waals surface area contributed by atoms with Crippen LogP contribution in [0.2, 0.25) is 0 Å². The average Bonchev–Trinajstić information content (AvgIpc) is 2.81. The summed E-state index contributed by atoms with van der Waals surface area (Å²) in [7, 11) is 4.57. The standard InChI is InChI=1S/C25H24FNO4/c1-27(19-10-5-4-6-11-19)24-14-13-20(15-23(24)26)31-16-18-9-7-8-12-21(18)22(17-29-2)25(28)30-3/h4-15,17H,16H2,1-3H3. The molecule has 0 saturated carbocycles. The molecule has 0 aliphatic carbocycles. The van der Waals surface area contributed by atoms with Gasteiger partial charge in [0.05, 0.1) is 26.2 Å². The Morgan fingerprint density at radius 3 is 2.39 bits per heavy atom. The van der Waals surface area contributed by atoms with E-state index >= 15 is 0 Å². The van der Waals surface area contributed by atoms with Crippen molar-refractivity contribution in [1.82, 2.24) is 0 Å². The highest BCUT2D eigenvalue weighted by atomic mass is 19.1. The first-order valence-electron chi connectivity index (χ1n) is 9.65. The molecule has 0 saturated heterocycles. The molecule has 0 heterocycles. The quantitative estimate of drug-likeness (QED) is 0.279. The zero-order chi connectivity index (χ0) is 22.2. The summed E-state index contributed by atoms with van der Waals surface area (Å²) >= 11 is 0.